The first-order chi connectivity index (χ1) is 10.4. The Balaban J connectivity index is 2.07. The Morgan fingerprint density at radius 2 is 1.82 bits per heavy atom. The van der Waals surface area contributed by atoms with Crippen molar-refractivity contribution in [3.8, 4) is 0 Å². The number of aliphatic hydroxyl groups is 6. The van der Waals surface area contributed by atoms with Gasteiger partial charge in [-0.25, -0.2) is 0 Å². The van der Waals surface area contributed by atoms with Crippen molar-refractivity contribution in [3.05, 3.63) is 0 Å². The fourth-order valence-corrected chi connectivity index (χ4v) is 2.59. The average molecular weight is 325 g/mol. The van der Waals surface area contributed by atoms with E-state index in [9.17, 15) is 25.5 Å². The molecule has 2 heterocycles. The molecule has 22 heavy (non-hydrogen) atoms. The minimum atomic E-state index is -1.60. The van der Waals surface area contributed by atoms with Crippen molar-refractivity contribution in [1.29, 1.82) is 0 Å². The van der Waals surface area contributed by atoms with E-state index in [-0.39, 0.29) is 13.2 Å². The predicted octanol–water partition coefficient (Wildman–Crippen LogP) is -4.75. The molecule has 0 aromatic heterocycles. The maximum absolute atomic E-state index is 9.90. The van der Waals surface area contributed by atoms with Gasteiger partial charge in [-0.05, 0) is 0 Å². The van der Waals surface area contributed by atoms with Gasteiger partial charge in [-0.1, -0.05) is 0 Å². The minimum Gasteiger partial charge on any atom is -0.394 e. The summed E-state index contributed by atoms with van der Waals surface area (Å²) in [5.41, 5.74) is 5.35. The van der Waals surface area contributed by atoms with Crippen molar-refractivity contribution < 1.29 is 44.8 Å². The number of rotatable bonds is 5. The summed E-state index contributed by atoms with van der Waals surface area (Å²) in [5, 5.41) is 58.0. The van der Waals surface area contributed by atoms with Gasteiger partial charge in [0.1, 0.15) is 42.7 Å². The zero-order valence-electron chi connectivity index (χ0n) is 11.8. The largest absolute Gasteiger partial charge is 0.394 e. The highest BCUT2D eigenvalue weighted by molar-refractivity contribution is 4.93. The second kappa shape index (κ2) is 7.45. The average Bonchev–Trinajstić information content (AvgIpc) is 2.88. The summed E-state index contributed by atoms with van der Waals surface area (Å²) >= 11 is 0. The first-order valence-electron chi connectivity index (χ1n) is 7.04. The van der Waals surface area contributed by atoms with Gasteiger partial charge in [0.05, 0.1) is 19.3 Å². The van der Waals surface area contributed by atoms with Crippen LogP contribution < -0.4 is 5.73 Å². The minimum absolute atomic E-state index is 0.0934. The van der Waals surface area contributed by atoms with Gasteiger partial charge in [0.15, 0.2) is 6.29 Å². The number of ether oxygens (including phenoxy) is 3. The predicted molar refractivity (Wildman–Crippen MR) is 69.4 cm³/mol. The van der Waals surface area contributed by atoms with Gasteiger partial charge in [0, 0.05) is 6.54 Å². The molecule has 0 aromatic carbocycles. The van der Waals surface area contributed by atoms with E-state index in [1.54, 1.807) is 0 Å². The molecule has 2 fully saturated rings. The summed E-state index contributed by atoms with van der Waals surface area (Å²) in [4.78, 5) is 0. The van der Waals surface area contributed by atoms with E-state index in [0.29, 0.717) is 0 Å². The molecular formula is C12H23NO9. The van der Waals surface area contributed by atoms with Crippen LogP contribution in [0.2, 0.25) is 0 Å². The Kier molecular flexibility index (Phi) is 6.07. The lowest BCUT2D eigenvalue weighted by Crippen LogP contribution is -2.60. The van der Waals surface area contributed by atoms with Gasteiger partial charge in [0.2, 0.25) is 0 Å². The van der Waals surface area contributed by atoms with E-state index in [4.69, 9.17) is 25.1 Å². The molecule has 2 saturated heterocycles. The fourth-order valence-electron chi connectivity index (χ4n) is 2.59. The molecule has 9 atom stereocenters. The lowest BCUT2D eigenvalue weighted by Gasteiger charge is -2.41. The molecule has 0 spiro atoms. The molecule has 130 valence electrons. The summed E-state index contributed by atoms with van der Waals surface area (Å²) in [6, 6.07) is 0. The Labute approximate surface area is 126 Å². The normalized spacial score (nSPS) is 47.6. The van der Waals surface area contributed by atoms with Crippen molar-refractivity contribution in [1.82, 2.24) is 0 Å². The first kappa shape index (κ1) is 17.9. The highest BCUT2D eigenvalue weighted by atomic mass is 16.7. The summed E-state index contributed by atoms with van der Waals surface area (Å²) in [6.07, 6.45) is -11.4. The lowest BCUT2D eigenvalue weighted by atomic mass is 9.99. The van der Waals surface area contributed by atoms with Crippen LogP contribution in [0.5, 0.6) is 0 Å². The highest BCUT2D eigenvalue weighted by Gasteiger charge is 2.48. The van der Waals surface area contributed by atoms with Gasteiger partial charge in [-0.3, -0.25) is 0 Å². The lowest BCUT2D eigenvalue weighted by molar-refractivity contribution is -0.319. The van der Waals surface area contributed by atoms with Crippen LogP contribution in [-0.2, 0) is 14.2 Å². The number of hydrogen-bond acceptors (Lipinski definition) is 10. The summed E-state index contributed by atoms with van der Waals surface area (Å²) in [7, 11) is 0. The van der Waals surface area contributed by atoms with Crippen LogP contribution in [0.25, 0.3) is 0 Å². The van der Waals surface area contributed by atoms with Gasteiger partial charge in [-0.15, -0.1) is 0 Å². The molecule has 8 N–H and O–H groups in total. The maximum atomic E-state index is 9.90. The molecule has 0 aromatic rings. The Morgan fingerprint density at radius 3 is 2.41 bits per heavy atom. The van der Waals surface area contributed by atoms with Crippen LogP contribution in [0.3, 0.4) is 0 Å². The molecule has 1 unspecified atom stereocenters. The second-order valence-corrected chi connectivity index (χ2v) is 5.47. The van der Waals surface area contributed by atoms with Gasteiger partial charge < -0.3 is 50.6 Å². The molecule has 0 saturated carbocycles. The first-order valence-corrected chi connectivity index (χ1v) is 7.04. The smallest absolute Gasteiger partial charge is 0.187 e. The standard InChI is InChI=1S/C12H23NO9/c13-1-4(15)10-11(5(16)3-20-10)22-12-9(19)8(18)7(17)6(2-14)21-12/h4-12,14-19H,1-3,13H2/t4-,5-,6+,7-,8-,9+,10-,11+,12?/m0/s1. The molecular weight excluding hydrogens is 302 g/mol. The Morgan fingerprint density at radius 1 is 1.14 bits per heavy atom. The summed E-state index contributed by atoms with van der Waals surface area (Å²) in [6.45, 7) is -0.806. The van der Waals surface area contributed by atoms with Crippen LogP contribution in [-0.4, -0.2) is 106 Å². The van der Waals surface area contributed by atoms with Crippen LogP contribution in [0.15, 0.2) is 0 Å². The monoisotopic (exact) mass is 325 g/mol. The van der Waals surface area contributed by atoms with Crippen LogP contribution >= 0.6 is 0 Å². The zero-order chi connectivity index (χ0) is 16.4. The molecule has 0 bridgehead atoms. The molecule has 0 radical (unpaired) electrons. The fraction of sp³-hybridized carbons (Fsp3) is 1.00. The number of aliphatic hydroxyl groups excluding tert-OH is 6. The Hall–Kier alpha value is -0.400. The van der Waals surface area contributed by atoms with Crippen molar-refractivity contribution >= 4 is 0 Å². The molecule has 2 rings (SSSR count). The highest BCUT2D eigenvalue weighted by Crippen LogP contribution is 2.28. The van der Waals surface area contributed by atoms with E-state index >= 15 is 0 Å². The summed E-state index contributed by atoms with van der Waals surface area (Å²) < 4.78 is 15.8. The van der Waals surface area contributed by atoms with Crippen molar-refractivity contribution in [2.45, 2.75) is 55.1 Å². The second-order valence-electron chi connectivity index (χ2n) is 5.47. The van der Waals surface area contributed by atoms with Gasteiger partial charge in [0.25, 0.3) is 0 Å². The Bertz CT molecular complexity index is 357. The number of nitrogens with two attached hydrogens (primary N) is 1. The van der Waals surface area contributed by atoms with Crippen molar-refractivity contribution in [2.75, 3.05) is 19.8 Å². The topological polar surface area (TPSA) is 175 Å². The van der Waals surface area contributed by atoms with Crippen molar-refractivity contribution in [3.63, 3.8) is 0 Å². The van der Waals surface area contributed by atoms with E-state index in [0.717, 1.165) is 0 Å². The molecule has 0 aliphatic carbocycles. The zero-order valence-corrected chi connectivity index (χ0v) is 11.8. The SMILES string of the molecule is NC[C@H](O)[C@@H]1OC[C@H](O)[C@H]1OC1O[C@H](CO)[C@H](O)[C@H](O)[C@H]1O. The third-order valence-electron chi connectivity index (χ3n) is 3.92. The van der Waals surface area contributed by atoms with Crippen LogP contribution in [0, 0.1) is 0 Å². The van der Waals surface area contributed by atoms with Crippen LogP contribution in [0.4, 0.5) is 0 Å². The van der Waals surface area contributed by atoms with Gasteiger partial charge in [-0.2, -0.15) is 0 Å². The molecule has 2 aliphatic heterocycles. The number of hydrogen-bond donors (Lipinski definition) is 7. The maximum Gasteiger partial charge on any atom is 0.187 e. The quantitative estimate of drug-likeness (QED) is 0.260. The third kappa shape index (κ3) is 3.41. The van der Waals surface area contributed by atoms with E-state index in [2.05, 4.69) is 0 Å². The van der Waals surface area contributed by atoms with Gasteiger partial charge >= 0.3 is 0 Å². The molecule has 10 heteroatoms. The molecule has 0 amide bonds. The van der Waals surface area contributed by atoms with Crippen LogP contribution in [0.1, 0.15) is 0 Å². The van der Waals surface area contributed by atoms with E-state index in [1.165, 1.54) is 0 Å². The van der Waals surface area contributed by atoms with Crippen molar-refractivity contribution in [2.24, 2.45) is 5.73 Å². The third-order valence-corrected chi connectivity index (χ3v) is 3.92. The molecule has 10 nitrogen and oxygen atoms in total. The van der Waals surface area contributed by atoms with E-state index < -0.39 is 61.7 Å². The van der Waals surface area contributed by atoms with E-state index in [1.807, 2.05) is 0 Å². The molecule has 2 aliphatic rings. The summed E-state index contributed by atoms with van der Waals surface area (Å²) in [5.74, 6) is 0.